The summed E-state index contributed by atoms with van der Waals surface area (Å²) in [5.74, 6) is 1.40. The minimum absolute atomic E-state index is 0.0729. The number of hydrogen-bond acceptors (Lipinski definition) is 5. The Labute approximate surface area is 126 Å². The van der Waals surface area contributed by atoms with Crippen molar-refractivity contribution in [3.8, 4) is 22.1 Å². The Morgan fingerprint density at radius 3 is 2.52 bits per heavy atom. The van der Waals surface area contributed by atoms with Gasteiger partial charge in [0.2, 0.25) is 0 Å². The van der Waals surface area contributed by atoms with E-state index < -0.39 is 0 Å². The normalized spacial score (nSPS) is 10.8. The van der Waals surface area contributed by atoms with Crippen molar-refractivity contribution in [1.29, 1.82) is 0 Å². The summed E-state index contributed by atoms with van der Waals surface area (Å²) in [5.41, 5.74) is 2.29. The first-order valence-corrected chi connectivity index (χ1v) is 7.35. The van der Waals surface area contributed by atoms with Crippen LogP contribution in [-0.4, -0.2) is 24.3 Å². The molecule has 4 nitrogen and oxygen atoms in total. The number of aliphatic hydroxyl groups is 1. The summed E-state index contributed by atoms with van der Waals surface area (Å²) < 4.78 is 10.8. The third kappa shape index (κ3) is 2.34. The van der Waals surface area contributed by atoms with E-state index in [1.807, 2.05) is 35.7 Å². The first-order chi connectivity index (χ1) is 10.3. The van der Waals surface area contributed by atoms with Gasteiger partial charge in [0.05, 0.1) is 31.4 Å². The van der Waals surface area contributed by atoms with Gasteiger partial charge in [0.1, 0.15) is 17.0 Å². The van der Waals surface area contributed by atoms with Crippen LogP contribution in [0, 0.1) is 0 Å². The second kappa shape index (κ2) is 5.71. The van der Waals surface area contributed by atoms with E-state index >= 15 is 0 Å². The number of thiophene rings is 1. The van der Waals surface area contributed by atoms with Gasteiger partial charge in [-0.1, -0.05) is 6.07 Å². The van der Waals surface area contributed by atoms with E-state index in [9.17, 15) is 5.11 Å². The van der Waals surface area contributed by atoms with Gasteiger partial charge in [0, 0.05) is 10.9 Å². The van der Waals surface area contributed by atoms with Gasteiger partial charge in [-0.05, 0) is 29.6 Å². The molecule has 0 aliphatic carbocycles. The van der Waals surface area contributed by atoms with E-state index in [1.165, 1.54) is 0 Å². The molecule has 0 radical (unpaired) electrons. The maximum Gasteiger partial charge on any atom is 0.145 e. The molecule has 0 amide bonds. The zero-order valence-electron chi connectivity index (χ0n) is 11.8. The molecule has 0 saturated heterocycles. The number of fused-ring (bicyclic) bond motifs is 1. The minimum atomic E-state index is -0.0729. The summed E-state index contributed by atoms with van der Waals surface area (Å²) in [6, 6.07) is 9.55. The van der Waals surface area contributed by atoms with Gasteiger partial charge in [-0.25, -0.2) is 4.98 Å². The van der Waals surface area contributed by atoms with Crippen molar-refractivity contribution in [2.75, 3.05) is 14.2 Å². The summed E-state index contributed by atoms with van der Waals surface area (Å²) in [4.78, 5) is 5.73. The lowest BCUT2D eigenvalue weighted by molar-refractivity contribution is 0.282. The van der Waals surface area contributed by atoms with Crippen molar-refractivity contribution < 1.29 is 14.6 Å². The Hall–Kier alpha value is -2.11. The molecule has 2 heterocycles. The van der Waals surface area contributed by atoms with Crippen LogP contribution in [0.1, 0.15) is 5.56 Å². The first kappa shape index (κ1) is 13.9. The Bertz CT molecular complexity index is 769. The zero-order chi connectivity index (χ0) is 14.8. The second-order valence-corrected chi connectivity index (χ2v) is 5.45. The molecule has 0 unspecified atom stereocenters. The van der Waals surface area contributed by atoms with E-state index in [1.54, 1.807) is 25.6 Å². The molecule has 21 heavy (non-hydrogen) atoms. The molecule has 1 aromatic carbocycles. The summed E-state index contributed by atoms with van der Waals surface area (Å²) >= 11 is 1.59. The zero-order valence-corrected chi connectivity index (χ0v) is 12.6. The number of methoxy groups -OCH3 is 2. The number of rotatable bonds is 4. The van der Waals surface area contributed by atoms with E-state index in [0.29, 0.717) is 11.5 Å². The molecule has 0 aliphatic heterocycles. The van der Waals surface area contributed by atoms with Gasteiger partial charge in [-0.2, -0.15) is 0 Å². The predicted molar refractivity (Wildman–Crippen MR) is 84.1 cm³/mol. The minimum Gasteiger partial charge on any atom is -0.496 e. The number of aliphatic hydroxyl groups excluding tert-OH is 1. The average Bonchev–Trinajstić information content (AvgIpc) is 3.06. The number of aromatic nitrogens is 1. The Morgan fingerprint density at radius 2 is 1.90 bits per heavy atom. The van der Waals surface area contributed by atoms with Crippen molar-refractivity contribution in [2.45, 2.75) is 6.61 Å². The fourth-order valence-corrected chi connectivity index (χ4v) is 3.09. The smallest absolute Gasteiger partial charge is 0.145 e. The van der Waals surface area contributed by atoms with Gasteiger partial charge in [0.15, 0.2) is 0 Å². The van der Waals surface area contributed by atoms with Crippen molar-refractivity contribution in [3.05, 3.63) is 41.3 Å². The molecule has 0 fully saturated rings. The summed E-state index contributed by atoms with van der Waals surface area (Å²) in [6.45, 7) is -0.0729. The van der Waals surface area contributed by atoms with Crippen LogP contribution in [0.5, 0.6) is 11.5 Å². The fourth-order valence-electron chi connectivity index (χ4n) is 2.34. The van der Waals surface area contributed by atoms with Crippen LogP contribution in [0.3, 0.4) is 0 Å². The molecule has 3 aromatic rings. The first-order valence-electron chi connectivity index (χ1n) is 6.47. The number of nitrogens with zero attached hydrogens (tertiary/aromatic N) is 1. The van der Waals surface area contributed by atoms with Crippen LogP contribution in [0.15, 0.2) is 35.7 Å². The van der Waals surface area contributed by atoms with Gasteiger partial charge in [-0.3, -0.25) is 0 Å². The van der Waals surface area contributed by atoms with Gasteiger partial charge in [0.25, 0.3) is 0 Å². The lowest BCUT2D eigenvalue weighted by Crippen LogP contribution is -1.97. The van der Waals surface area contributed by atoms with Crippen molar-refractivity contribution >= 4 is 22.2 Å². The standard InChI is InChI=1S/C16H15NO3S/c1-19-12-5-6-13(20-2)16-11(12)8-10(9-18)15(17-16)14-4-3-7-21-14/h3-8,18H,9H2,1-2H3. The molecule has 3 rings (SSSR count). The van der Waals surface area contributed by atoms with Crippen molar-refractivity contribution in [2.24, 2.45) is 0 Å². The Balaban J connectivity index is 2.35. The lowest BCUT2D eigenvalue weighted by Gasteiger charge is -2.12. The highest BCUT2D eigenvalue weighted by molar-refractivity contribution is 7.13. The monoisotopic (exact) mass is 301 g/mol. The van der Waals surface area contributed by atoms with Crippen LogP contribution in [-0.2, 0) is 6.61 Å². The number of pyridine rings is 1. The average molecular weight is 301 g/mol. The molecule has 0 saturated carbocycles. The van der Waals surface area contributed by atoms with E-state index in [4.69, 9.17) is 14.5 Å². The van der Waals surface area contributed by atoms with Crippen LogP contribution < -0.4 is 9.47 Å². The number of ether oxygens (including phenoxy) is 2. The molecule has 0 atom stereocenters. The van der Waals surface area contributed by atoms with Crippen LogP contribution in [0.25, 0.3) is 21.5 Å². The molecular weight excluding hydrogens is 286 g/mol. The molecule has 108 valence electrons. The summed E-state index contributed by atoms with van der Waals surface area (Å²) in [5, 5.41) is 12.5. The summed E-state index contributed by atoms with van der Waals surface area (Å²) in [6.07, 6.45) is 0. The fraction of sp³-hybridized carbons (Fsp3) is 0.188. The Kier molecular flexibility index (Phi) is 3.77. The van der Waals surface area contributed by atoms with Crippen LogP contribution >= 0.6 is 11.3 Å². The number of benzene rings is 1. The van der Waals surface area contributed by atoms with Crippen molar-refractivity contribution in [3.63, 3.8) is 0 Å². The molecule has 5 heteroatoms. The van der Waals surface area contributed by atoms with Crippen LogP contribution in [0.4, 0.5) is 0 Å². The largest absolute Gasteiger partial charge is 0.496 e. The van der Waals surface area contributed by atoms with Gasteiger partial charge in [-0.15, -0.1) is 11.3 Å². The molecule has 0 bridgehead atoms. The van der Waals surface area contributed by atoms with E-state index in [2.05, 4.69) is 0 Å². The summed E-state index contributed by atoms with van der Waals surface area (Å²) in [7, 11) is 3.24. The molecule has 1 N–H and O–H groups in total. The highest BCUT2D eigenvalue weighted by Crippen LogP contribution is 2.36. The molecular formula is C16H15NO3S. The van der Waals surface area contributed by atoms with E-state index in [0.717, 1.165) is 27.0 Å². The third-order valence-corrected chi connectivity index (χ3v) is 4.23. The lowest BCUT2D eigenvalue weighted by atomic mass is 10.1. The van der Waals surface area contributed by atoms with Gasteiger partial charge >= 0.3 is 0 Å². The maximum atomic E-state index is 9.66. The third-order valence-electron chi connectivity index (χ3n) is 3.35. The molecule has 2 aromatic heterocycles. The maximum absolute atomic E-state index is 9.66. The van der Waals surface area contributed by atoms with Crippen molar-refractivity contribution in [1.82, 2.24) is 4.98 Å². The van der Waals surface area contributed by atoms with Gasteiger partial charge < -0.3 is 14.6 Å². The topological polar surface area (TPSA) is 51.6 Å². The Morgan fingerprint density at radius 1 is 1.14 bits per heavy atom. The predicted octanol–water partition coefficient (Wildman–Crippen LogP) is 3.47. The van der Waals surface area contributed by atoms with E-state index in [-0.39, 0.29) is 6.61 Å². The SMILES string of the molecule is COc1ccc(OC)c2nc(-c3cccs3)c(CO)cc12. The quantitative estimate of drug-likeness (QED) is 0.801. The van der Waals surface area contributed by atoms with Crippen LogP contribution in [0.2, 0.25) is 0 Å². The molecule has 0 aliphatic rings. The highest BCUT2D eigenvalue weighted by Gasteiger charge is 2.15. The molecule has 0 spiro atoms. The second-order valence-electron chi connectivity index (χ2n) is 4.50. The number of hydrogen-bond donors (Lipinski definition) is 1. The highest BCUT2D eigenvalue weighted by atomic mass is 32.1.